The maximum absolute atomic E-state index is 13.0. The third kappa shape index (κ3) is 3.03. The molecule has 1 N–H and O–H groups in total. The van der Waals surface area contributed by atoms with Crippen molar-refractivity contribution < 1.29 is 14.7 Å². The lowest BCUT2D eigenvalue weighted by atomic mass is 10.1. The minimum atomic E-state index is -0.922. The zero-order valence-corrected chi connectivity index (χ0v) is 14.1. The Morgan fingerprint density at radius 2 is 2.08 bits per heavy atom. The molecular weight excluding hydrogens is 328 g/mol. The summed E-state index contributed by atoms with van der Waals surface area (Å²) in [5, 5.41) is 9.79. The average molecular weight is 346 g/mol. The van der Waals surface area contributed by atoms with Crippen LogP contribution in [0.1, 0.15) is 16.8 Å². The van der Waals surface area contributed by atoms with Gasteiger partial charge in [-0.3, -0.25) is 14.4 Å². The van der Waals surface area contributed by atoms with Crippen molar-refractivity contribution in [3.63, 3.8) is 0 Å². The first kappa shape index (κ1) is 16.6. The van der Waals surface area contributed by atoms with Gasteiger partial charge in [-0.25, -0.2) is 0 Å². The summed E-state index contributed by atoms with van der Waals surface area (Å²) in [6.45, 7) is 0.491. The smallest absolute Gasteiger partial charge is 0.305 e. The zero-order chi connectivity index (χ0) is 17.3. The first-order chi connectivity index (χ1) is 11.5. The minimum absolute atomic E-state index is 0.0818. The highest BCUT2D eigenvalue weighted by Gasteiger charge is 2.30. The lowest BCUT2D eigenvalue weighted by Crippen LogP contribution is -2.47. The topological polar surface area (TPSA) is 79.6 Å². The number of aliphatic carboxylic acids is 1. The van der Waals surface area contributed by atoms with Gasteiger partial charge in [-0.2, -0.15) is 11.8 Å². The molecule has 1 fully saturated rings. The number of thioether (sulfide) groups is 1. The molecule has 1 saturated heterocycles. The van der Waals surface area contributed by atoms with Crippen molar-refractivity contribution in [2.75, 3.05) is 18.1 Å². The summed E-state index contributed by atoms with van der Waals surface area (Å²) in [7, 11) is 1.67. The molecule has 0 spiro atoms. The lowest BCUT2D eigenvalue weighted by Gasteiger charge is -2.35. The fraction of sp³-hybridized carbons (Fsp3) is 0.353. The molecular formula is C17H18N2O4S. The number of aromatic nitrogens is 1. The van der Waals surface area contributed by atoms with Crippen LogP contribution in [0.5, 0.6) is 0 Å². The highest BCUT2D eigenvalue weighted by molar-refractivity contribution is 7.99. The van der Waals surface area contributed by atoms with E-state index >= 15 is 0 Å². The highest BCUT2D eigenvalue weighted by Crippen LogP contribution is 2.24. The molecule has 24 heavy (non-hydrogen) atoms. The Balaban J connectivity index is 2.06. The van der Waals surface area contributed by atoms with Crippen LogP contribution in [-0.4, -0.2) is 50.5 Å². The van der Waals surface area contributed by atoms with E-state index in [1.54, 1.807) is 29.8 Å². The maximum Gasteiger partial charge on any atom is 0.305 e. The number of carbonyl (C=O) groups is 2. The summed E-state index contributed by atoms with van der Waals surface area (Å²) < 4.78 is 1.51. The molecule has 1 aliphatic rings. The molecule has 126 valence electrons. The molecule has 2 aromatic rings. The van der Waals surface area contributed by atoms with Crippen molar-refractivity contribution in [3.8, 4) is 0 Å². The Kier molecular flexibility index (Phi) is 4.62. The van der Waals surface area contributed by atoms with Crippen molar-refractivity contribution in [2.45, 2.75) is 12.5 Å². The van der Waals surface area contributed by atoms with Gasteiger partial charge in [0.25, 0.3) is 11.5 Å². The molecule has 1 amide bonds. The van der Waals surface area contributed by atoms with Crippen LogP contribution in [0.3, 0.4) is 0 Å². The SMILES string of the molecule is Cn1c(=O)cc(C(=O)N2CCSCC2CC(=O)O)c2ccccc21. The number of rotatable bonds is 3. The molecule has 2 heterocycles. The number of hydrogen-bond acceptors (Lipinski definition) is 4. The van der Waals surface area contributed by atoms with Gasteiger partial charge in [-0.15, -0.1) is 0 Å². The lowest BCUT2D eigenvalue weighted by molar-refractivity contribution is -0.138. The largest absolute Gasteiger partial charge is 0.481 e. The molecule has 1 aromatic carbocycles. The Labute approximate surface area is 143 Å². The first-order valence-corrected chi connectivity index (χ1v) is 8.84. The second kappa shape index (κ2) is 6.68. The van der Waals surface area contributed by atoms with Crippen molar-refractivity contribution in [1.82, 2.24) is 9.47 Å². The van der Waals surface area contributed by atoms with E-state index in [9.17, 15) is 14.4 Å². The molecule has 6 nitrogen and oxygen atoms in total. The summed E-state index contributed by atoms with van der Waals surface area (Å²) in [6.07, 6.45) is -0.0818. The molecule has 1 atom stereocenters. The average Bonchev–Trinajstić information content (AvgIpc) is 2.57. The summed E-state index contributed by atoms with van der Waals surface area (Å²) in [5.74, 6) is 0.176. The second-order valence-electron chi connectivity index (χ2n) is 5.80. The number of amides is 1. The molecule has 1 aromatic heterocycles. The Bertz CT molecular complexity index is 861. The number of carboxylic acids is 1. The Hall–Kier alpha value is -2.28. The van der Waals surface area contributed by atoms with Gasteiger partial charge in [-0.1, -0.05) is 18.2 Å². The zero-order valence-electron chi connectivity index (χ0n) is 13.3. The van der Waals surface area contributed by atoms with Crippen LogP contribution in [0.4, 0.5) is 0 Å². The Morgan fingerprint density at radius 1 is 1.33 bits per heavy atom. The van der Waals surface area contributed by atoms with E-state index in [0.29, 0.717) is 28.8 Å². The van der Waals surface area contributed by atoms with Gasteiger partial charge >= 0.3 is 5.97 Å². The van der Waals surface area contributed by atoms with Gasteiger partial charge in [0.05, 0.1) is 23.5 Å². The van der Waals surface area contributed by atoms with Crippen molar-refractivity contribution in [1.29, 1.82) is 0 Å². The molecule has 0 aliphatic carbocycles. The number of aryl methyl sites for hydroxylation is 1. The van der Waals surface area contributed by atoms with Crippen molar-refractivity contribution in [3.05, 3.63) is 46.2 Å². The number of pyridine rings is 1. The molecule has 0 bridgehead atoms. The van der Waals surface area contributed by atoms with E-state index in [1.165, 1.54) is 10.6 Å². The molecule has 0 radical (unpaired) electrons. The molecule has 1 aliphatic heterocycles. The fourth-order valence-electron chi connectivity index (χ4n) is 3.04. The van der Waals surface area contributed by atoms with E-state index in [4.69, 9.17) is 5.11 Å². The third-order valence-electron chi connectivity index (χ3n) is 4.28. The van der Waals surface area contributed by atoms with Crippen LogP contribution < -0.4 is 5.56 Å². The Morgan fingerprint density at radius 3 is 2.83 bits per heavy atom. The van der Waals surface area contributed by atoms with Crippen molar-refractivity contribution in [2.24, 2.45) is 7.05 Å². The van der Waals surface area contributed by atoms with Crippen molar-refractivity contribution >= 4 is 34.5 Å². The normalized spacial score (nSPS) is 17.9. The van der Waals surface area contributed by atoms with Crippen LogP contribution in [0, 0.1) is 0 Å². The summed E-state index contributed by atoms with van der Waals surface area (Å²) in [6, 6.07) is 8.26. The van der Waals surface area contributed by atoms with E-state index < -0.39 is 5.97 Å². The summed E-state index contributed by atoms with van der Waals surface area (Å²) >= 11 is 1.65. The number of nitrogens with zero attached hydrogens (tertiary/aromatic N) is 2. The predicted octanol–water partition coefficient (Wildman–Crippen LogP) is 1.57. The molecule has 0 saturated carbocycles. The van der Waals surface area contributed by atoms with E-state index in [1.807, 2.05) is 18.2 Å². The van der Waals surface area contributed by atoms with E-state index in [0.717, 1.165) is 5.75 Å². The van der Waals surface area contributed by atoms with Gasteiger partial charge in [0.2, 0.25) is 0 Å². The van der Waals surface area contributed by atoms with Gasteiger partial charge in [0, 0.05) is 36.6 Å². The standard InChI is InChI=1S/C17H18N2O4S/c1-18-14-5-3-2-4-12(14)13(9-15(18)20)17(23)19-6-7-24-10-11(19)8-16(21)22/h2-5,9,11H,6-8,10H2,1H3,(H,21,22). The minimum Gasteiger partial charge on any atom is -0.481 e. The third-order valence-corrected chi connectivity index (χ3v) is 5.37. The van der Waals surface area contributed by atoms with E-state index in [-0.39, 0.29) is 23.9 Å². The molecule has 1 unspecified atom stereocenters. The quantitative estimate of drug-likeness (QED) is 0.913. The number of para-hydroxylation sites is 1. The molecule has 3 rings (SSSR count). The van der Waals surface area contributed by atoms with Gasteiger partial charge in [-0.05, 0) is 6.07 Å². The number of fused-ring (bicyclic) bond motifs is 1. The summed E-state index contributed by atoms with van der Waals surface area (Å²) in [5.41, 5.74) is 0.781. The van der Waals surface area contributed by atoms with Crippen LogP contribution >= 0.6 is 11.8 Å². The number of benzene rings is 1. The second-order valence-corrected chi connectivity index (χ2v) is 6.95. The molecule has 7 heteroatoms. The number of carboxylic acid groups (broad SMARTS) is 1. The fourth-order valence-corrected chi connectivity index (χ4v) is 4.10. The highest BCUT2D eigenvalue weighted by atomic mass is 32.2. The first-order valence-electron chi connectivity index (χ1n) is 7.68. The van der Waals surface area contributed by atoms with Gasteiger partial charge in [0.1, 0.15) is 0 Å². The number of hydrogen-bond donors (Lipinski definition) is 1. The summed E-state index contributed by atoms with van der Waals surface area (Å²) in [4.78, 5) is 37.9. The van der Waals surface area contributed by atoms with Crippen LogP contribution in [0.2, 0.25) is 0 Å². The van der Waals surface area contributed by atoms with Gasteiger partial charge < -0.3 is 14.6 Å². The van der Waals surface area contributed by atoms with Crippen LogP contribution in [0.15, 0.2) is 35.1 Å². The van der Waals surface area contributed by atoms with Gasteiger partial charge in [0.15, 0.2) is 0 Å². The van der Waals surface area contributed by atoms with Crippen LogP contribution in [0.25, 0.3) is 10.9 Å². The van der Waals surface area contributed by atoms with Crippen LogP contribution in [-0.2, 0) is 11.8 Å². The van der Waals surface area contributed by atoms with E-state index in [2.05, 4.69) is 0 Å². The monoisotopic (exact) mass is 346 g/mol. The number of carbonyl (C=O) groups excluding carboxylic acids is 1. The maximum atomic E-state index is 13.0. The predicted molar refractivity (Wildman–Crippen MR) is 93.6 cm³/mol.